The summed E-state index contributed by atoms with van der Waals surface area (Å²) in [6, 6.07) is 35.7. The molecule has 0 fully saturated rings. The standard InChI is InChI=1S/C28H20N6/c1-3-9-21-19(7-1)15-17-27(29-21)33-25-13-5-11-23(31-25)24-12-6-14-26(32-24)34-28-18-16-20-8-2-4-10-22(20)30-28/h1-18H,(H,29,31,33)(H,30,32,34). The minimum Gasteiger partial charge on any atom is -0.325 e. The van der Waals surface area contributed by atoms with Crippen LogP contribution >= 0.6 is 0 Å². The van der Waals surface area contributed by atoms with Gasteiger partial charge in [0, 0.05) is 10.8 Å². The van der Waals surface area contributed by atoms with Gasteiger partial charge in [-0.25, -0.2) is 19.9 Å². The second-order valence-corrected chi connectivity index (χ2v) is 7.84. The van der Waals surface area contributed by atoms with Crippen LogP contribution in [-0.4, -0.2) is 19.9 Å². The van der Waals surface area contributed by atoms with Gasteiger partial charge in [-0.15, -0.1) is 0 Å². The van der Waals surface area contributed by atoms with Crippen LogP contribution in [-0.2, 0) is 0 Å². The Labute approximate surface area is 196 Å². The summed E-state index contributed by atoms with van der Waals surface area (Å²) < 4.78 is 0. The smallest absolute Gasteiger partial charge is 0.132 e. The lowest BCUT2D eigenvalue weighted by molar-refractivity contribution is 1.22. The Kier molecular flexibility index (Phi) is 5.01. The quantitative estimate of drug-likeness (QED) is 0.310. The molecular formula is C28H20N6. The van der Waals surface area contributed by atoms with E-state index >= 15 is 0 Å². The highest BCUT2D eigenvalue weighted by Crippen LogP contribution is 2.23. The molecule has 0 unspecified atom stereocenters. The van der Waals surface area contributed by atoms with E-state index < -0.39 is 0 Å². The first kappa shape index (κ1) is 19.8. The number of hydrogen-bond acceptors (Lipinski definition) is 6. The number of aromatic nitrogens is 4. The summed E-state index contributed by atoms with van der Waals surface area (Å²) in [7, 11) is 0. The fraction of sp³-hybridized carbons (Fsp3) is 0. The summed E-state index contributed by atoms with van der Waals surface area (Å²) in [6.07, 6.45) is 0. The van der Waals surface area contributed by atoms with Crippen LogP contribution in [0.1, 0.15) is 0 Å². The molecule has 4 aromatic heterocycles. The number of fused-ring (bicyclic) bond motifs is 2. The Balaban J connectivity index is 1.25. The highest BCUT2D eigenvalue weighted by molar-refractivity contribution is 5.81. The molecule has 0 aliphatic rings. The molecule has 4 heterocycles. The van der Waals surface area contributed by atoms with Crippen molar-refractivity contribution in [3.05, 3.63) is 109 Å². The van der Waals surface area contributed by atoms with Crippen LogP contribution in [0.4, 0.5) is 23.3 Å². The molecule has 0 aliphatic heterocycles. The van der Waals surface area contributed by atoms with Crippen molar-refractivity contribution in [3.8, 4) is 11.4 Å². The lowest BCUT2D eigenvalue weighted by atomic mass is 10.2. The summed E-state index contributed by atoms with van der Waals surface area (Å²) >= 11 is 0. The zero-order valence-electron chi connectivity index (χ0n) is 18.2. The van der Waals surface area contributed by atoms with E-state index in [4.69, 9.17) is 9.97 Å². The number of rotatable bonds is 5. The maximum atomic E-state index is 4.75. The van der Waals surface area contributed by atoms with Crippen LogP contribution in [0.25, 0.3) is 33.2 Å². The highest BCUT2D eigenvalue weighted by Gasteiger charge is 2.07. The maximum absolute atomic E-state index is 4.75. The van der Waals surface area contributed by atoms with Crippen LogP contribution < -0.4 is 10.6 Å². The van der Waals surface area contributed by atoms with Gasteiger partial charge in [0.25, 0.3) is 0 Å². The number of pyridine rings is 4. The minimum atomic E-state index is 0.705. The van der Waals surface area contributed by atoms with Gasteiger partial charge in [-0.2, -0.15) is 0 Å². The van der Waals surface area contributed by atoms with E-state index in [1.807, 2.05) is 109 Å². The topological polar surface area (TPSA) is 75.6 Å². The molecule has 0 aliphatic carbocycles. The Bertz CT molecular complexity index is 1510. The molecule has 6 heteroatoms. The molecule has 6 rings (SSSR count). The normalized spacial score (nSPS) is 10.9. The van der Waals surface area contributed by atoms with Crippen molar-refractivity contribution in [1.29, 1.82) is 0 Å². The lowest BCUT2D eigenvalue weighted by Crippen LogP contribution is -1.99. The van der Waals surface area contributed by atoms with Crippen LogP contribution in [0, 0.1) is 0 Å². The molecule has 6 nitrogen and oxygen atoms in total. The highest BCUT2D eigenvalue weighted by atomic mass is 15.1. The predicted molar refractivity (Wildman–Crippen MR) is 138 cm³/mol. The van der Waals surface area contributed by atoms with E-state index in [0.29, 0.717) is 11.6 Å². The molecule has 6 aromatic rings. The van der Waals surface area contributed by atoms with Crippen LogP contribution in [0.15, 0.2) is 109 Å². The van der Waals surface area contributed by atoms with Crippen molar-refractivity contribution in [2.75, 3.05) is 10.6 Å². The average Bonchev–Trinajstić information content (AvgIpc) is 2.89. The Morgan fingerprint density at radius 2 is 0.794 bits per heavy atom. The number of anilines is 4. The number of para-hydroxylation sites is 2. The molecule has 34 heavy (non-hydrogen) atoms. The van der Waals surface area contributed by atoms with Crippen molar-refractivity contribution in [2.24, 2.45) is 0 Å². The van der Waals surface area contributed by atoms with Gasteiger partial charge >= 0.3 is 0 Å². The molecule has 0 amide bonds. The van der Waals surface area contributed by atoms with Gasteiger partial charge in [0.05, 0.1) is 22.4 Å². The average molecular weight is 441 g/mol. The number of hydrogen-bond donors (Lipinski definition) is 2. The van der Waals surface area contributed by atoms with Crippen LogP contribution in [0.3, 0.4) is 0 Å². The lowest BCUT2D eigenvalue weighted by Gasteiger charge is -2.09. The van der Waals surface area contributed by atoms with Gasteiger partial charge in [0.1, 0.15) is 23.3 Å². The Hall–Kier alpha value is -4.84. The molecule has 0 radical (unpaired) electrons. The molecule has 0 saturated heterocycles. The Morgan fingerprint density at radius 1 is 0.353 bits per heavy atom. The third-order valence-electron chi connectivity index (χ3n) is 5.47. The fourth-order valence-corrected chi connectivity index (χ4v) is 3.83. The summed E-state index contributed by atoms with van der Waals surface area (Å²) in [5.41, 5.74) is 3.40. The molecule has 0 bridgehead atoms. The van der Waals surface area contributed by atoms with Gasteiger partial charge < -0.3 is 10.6 Å². The van der Waals surface area contributed by atoms with E-state index in [1.54, 1.807) is 0 Å². The molecule has 2 aromatic carbocycles. The largest absolute Gasteiger partial charge is 0.325 e. The number of benzene rings is 2. The van der Waals surface area contributed by atoms with Crippen molar-refractivity contribution >= 4 is 45.1 Å². The zero-order chi connectivity index (χ0) is 22.7. The molecule has 0 spiro atoms. The second-order valence-electron chi connectivity index (χ2n) is 7.84. The molecule has 2 N–H and O–H groups in total. The van der Waals surface area contributed by atoms with Crippen molar-refractivity contribution < 1.29 is 0 Å². The first-order valence-corrected chi connectivity index (χ1v) is 11.0. The van der Waals surface area contributed by atoms with Gasteiger partial charge in [0.2, 0.25) is 0 Å². The number of nitrogens with one attached hydrogen (secondary N) is 2. The van der Waals surface area contributed by atoms with Gasteiger partial charge in [-0.05, 0) is 60.7 Å². The molecule has 0 atom stereocenters. The van der Waals surface area contributed by atoms with Crippen LogP contribution in [0.5, 0.6) is 0 Å². The number of nitrogens with zero attached hydrogens (tertiary/aromatic N) is 4. The monoisotopic (exact) mass is 440 g/mol. The summed E-state index contributed by atoms with van der Waals surface area (Å²) in [6.45, 7) is 0. The predicted octanol–water partition coefficient (Wildman–Crippen LogP) is 6.73. The van der Waals surface area contributed by atoms with Crippen molar-refractivity contribution in [3.63, 3.8) is 0 Å². The van der Waals surface area contributed by atoms with E-state index in [-0.39, 0.29) is 0 Å². The van der Waals surface area contributed by atoms with E-state index in [2.05, 4.69) is 20.6 Å². The zero-order valence-corrected chi connectivity index (χ0v) is 18.2. The Morgan fingerprint density at radius 3 is 1.29 bits per heavy atom. The second kappa shape index (κ2) is 8.60. The first-order chi connectivity index (χ1) is 16.8. The molecular weight excluding hydrogens is 420 g/mol. The fourth-order valence-electron chi connectivity index (χ4n) is 3.83. The molecule has 0 saturated carbocycles. The summed E-state index contributed by atoms with van der Waals surface area (Å²) in [5, 5.41) is 8.81. The summed E-state index contributed by atoms with van der Waals surface area (Å²) in [5.74, 6) is 2.90. The minimum absolute atomic E-state index is 0.705. The maximum Gasteiger partial charge on any atom is 0.132 e. The third-order valence-corrected chi connectivity index (χ3v) is 5.47. The van der Waals surface area contributed by atoms with E-state index in [9.17, 15) is 0 Å². The van der Waals surface area contributed by atoms with E-state index in [0.717, 1.165) is 44.8 Å². The van der Waals surface area contributed by atoms with Crippen molar-refractivity contribution in [2.45, 2.75) is 0 Å². The van der Waals surface area contributed by atoms with Gasteiger partial charge in [-0.3, -0.25) is 0 Å². The van der Waals surface area contributed by atoms with E-state index in [1.165, 1.54) is 0 Å². The molecule has 162 valence electrons. The third kappa shape index (κ3) is 4.12. The first-order valence-electron chi connectivity index (χ1n) is 11.0. The van der Waals surface area contributed by atoms with Gasteiger partial charge in [0.15, 0.2) is 0 Å². The summed E-state index contributed by atoms with van der Waals surface area (Å²) in [4.78, 5) is 18.8. The van der Waals surface area contributed by atoms with Crippen molar-refractivity contribution in [1.82, 2.24) is 19.9 Å². The SMILES string of the molecule is c1cc(Nc2ccc3ccccc3n2)nc(-c2cccc(Nc3ccc4ccccc4n3)n2)c1. The van der Waals surface area contributed by atoms with Crippen LogP contribution in [0.2, 0.25) is 0 Å². The van der Waals surface area contributed by atoms with Gasteiger partial charge in [-0.1, -0.05) is 48.5 Å².